The second kappa shape index (κ2) is 6.35. The van der Waals surface area contributed by atoms with Crippen molar-refractivity contribution in [2.75, 3.05) is 0 Å². The first kappa shape index (κ1) is 17.5. The Morgan fingerprint density at radius 2 is 1.81 bits per heavy atom. The summed E-state index contributed by atoms with van der Waals surface area (Å²) in [5.74, 6) is 0.678. The summed E-state index contributed by atoms with van der Waals surface area (Å²) in [5, 5.41) is 2.78. The van der Waals surface area contributed by atoms with E-state index in [9.17, 15) is 8.42 Å². The molecule has 1 unspecified atom stereocenters. The summed E-state index contributed by atoms with van der Waals surface area (Å²) in [6, 6.07) is 7.24. The van der Waals surface area contributed by atoms with Crippen molar-refractivity contribution in [2.24, 2.45) is 9.98 Å². The van der Waals surface area contributed by atoms with Crippen LogP contribution in [0.15, 0.2) is 61.8 Å². The van der Waals surface area contributed by atoms with Gasteiger partial charge in [-0.3, -0.25) is 0 Å². The molecule has 0 bridgehead atoms. The molecule has 0 saturated heterocycles. The molecule has 0 aromatic heterocycles. The van der Waals surface area contributed by atoms with Gasteiger partial charge in [-0.1, -0.05) is 29.3 Å². The Morgan fingerprint density at radius 3 is 2.42 bits per heavy atom. The lowest BCUT2D eigenvalue weighted by Crippen LogP contribution is -2.43. The van der Waals surface area contributed by atoms with E-state index in [1.807, 2.05) is 6.92 Å². The monoisotopic (exact) mass is 389 g/mol. The van der Waals surface area contributed by atoms with Crippen LogP contribution < -0.4 is 5.32 Å². The van der Waals surface area contributed by atoms with Crippen LogP contribution in [0.4, 0.5) is 0 Å². The van der Waals surface area contributed by atoms with E-state index in [1.165, 1.54) is 6.42 Å². The molecule has 0 amide bonds. The SMILES string of the molecule is CC1=NC(NC2CCC2)=C2C=C(Cl)N=C2C1S(=O)(=O)c1ccc(C)cc1. The highest BCUT2D eigenvalue weighted by Crippen LogP contribution is 2.33. The van der Waals surface area contributed by atoms with Gasteiger partial charge in [-0.15, -0.1) is 0 Å². The molecule has 1 fully saturated rings. The second-order valence-electron chi connectivity index (χ2n) is 6.99. The smallest absolute Gasteiger partial charge is 0.192 e. The van der Waals surface area contributed by atoms with E-state index >= 15 is 0 Å². The van der Waals surface area contributed by atoms with Crippen LogP contribution in [0.3, 0.4) is 0 Å². The molecule has 0 radical (unpaired) electrons. The standard InChI is InChI=1S/C19H20ClN3O2S/c1-11-6-8-14(9-7-11)26(24,25)18-12(2)21-19(22-13-4-3-5-13)15-10-16(20)23-17(15)18/h6-10,13,18,22H,3-5H2,1-2H3. The number of hydrogen-bond donors (Lipinski definition) is 1. The molecule has 2 heterocycles. The number of nitrogens with zero attached hydrogens (tertiary/aromatic N) is 2. The number of sulfone groups is 1. The maximum Gasteiger partial charge on any atom is 0.192 e. The number of nitrogens with one attached hydrogen (secondary N) is 1. The van der Waals surface area contributed by atoms with Gasteiger partial charge in [0.15, 0.2) is 9.84 Å². The van der Waals surface area contributed by atoms with Gasteiger partial charge in [0.2, 0.25) is 0 Å². The number of rotatable bonds is 4. The number of allylic oxidation sites excluding steroid dienone is 2. The zero-order valence-corrected chi connectivity index (χ0v) is 16.2. The topological polar surface area (TPSA) is 70.9 Å². The fraction of sp³-hybridized carbons (Fsp3) is 0.368. The zero-order chi connectivity index (χ0) is 18.5. The third-order valence-corrected chi connectivity index (χ3v) is 7.35. The van der Waals surface area contributed by atoms with Gasteiger partial charge in [0.05, 0.1) is 10.6 Å². The predicted molar refractivity (Wildman–Crippen MR) is 104 cm³/mol. The van der Waals surface area contributed by atoms with E-state index in [1.54, 1.807) is 37.3 Å². The van der Waals surface area contributed by atoms with Crippen molar-refractivity contribution >= 4 is 32.9 Å². The molecule has 1 aliphatic carbocycles. The van der Waals surface area contributed by atoms with E-state index in [0.29, 0.717) is 28.9 Å². The van der Waals surface area contributed by atoms with E-state index in [4.69, 9.17) is 11.6 Å². The number of aliphatic imine (C=N–C) groups is 2. The van der Waals surface area contributed by atoms with E-state index in [2.05, 4.69) is 15.3 Å². The molecule has 4 rings (SSSR count). The third kappa shape index (κ3) is 2.91. The highest BCUT2D eigenvalue weighted by molar-refractivity contribution is 7.93. The number of halogens is 1. The molecule has 3 aliphatic rings. The second-order valence-corrected chi connectivity index (χ2v) is 9.41. The van der Waals surface area contributed by atoms with Gasteiger partial charge in [0, 0.05) is 17.3 Å². The van der Waals surface area contributed by atoms with Crippen molar-refractivity contribution in [3.8, 4) is 0 Å². The van der Waals surface area contributed by atoms with Crippen molar-refractivity contribution in [3.05, 3.63) is 52.5 Å². The highest BCUT2D eigenvalue weighted by atomic mass is 35.5. The van der Waals surface area contributed by atoms with Gasteiger partial charge in [-0.2, -0.15) is 0 Å². The van der Waals surface area contributed by atoms with E-state index in [-0.39, 0.29) is 10.1 Å². The lowest BCUT2D eigenvalue weighted by Gasteiger charge is -2.31. The van der Waals surface area contributed by atoms with Crippen molar-refractivity contribution in [3.63, 3.8) is 0 Å². The maximum absolute atomic E-state index is 13.3. The predicted octanol–water partition coefficient (Wildman–Crippen LogP) is 3.50. The Morgan fingerprint density at radius 1 is 1.12 bits per heavy atom. The Bertz CT molecular complexity index is 984. The quantitative estimate of drug-likeness (QED) is 0.801. The highest BCUT2D eigenvalue weighted by Gasteiger charge is 2.41. The van der Waals surface area contributed by atoms with Crippen LogP contribution in [0.2, 0.25) is 0 Å². The molecule has 0 spiro atoms. The molecule has 1 aromatic carbocycles. The summed E-state index contributed by atoms with van der Waals surface area (Å²) in [7, 11) is -3.66. The fourth-order valence-corrected chi connectivity index (χ4v) is 5.34. The molecule has 1 aromatic rings. The van der Waals surface area contributed by atoms with Gasteiger partial charge in [0.1, 0.15) is 16.2 Å². The summed E-state index contributed by atoms with van der Waals surface area (Å²) in [6.45, 7) is 3.66. The van der Waals surface area contributed by atoms with Gasteiger partial charge in [0.25, 0.3) is 0 Å². The molecule has 136 valence electrons. The van der Waals surface area contributed by atoms with Crippen molar-refractivity contribution in [1.29, 1.82) is 0 Å². The van der Waals surface area contributed by atoms with E-state index < -0.39 is 15.1 Å². The largest absolute Gasteiger partial charge is 0.367 e. The molecular formula is C19H20ClN3O2S. The van der Waals surface area contributed by atoms with Crippen molar-refractivity contribution in [2.45, 2.75) is 49.3 Å². The lowest BCUT2D eigenvalue weighted by atomic mass is 9.92. The van der Waals surface area contributed by atoms with Gasteiger partial charge in [-0.25, -0.2) is 18.4 Å². The Hall–Kier alpha value is -1.92. The molecule has 2 aliphatic heterocycles. The van der Waals surface area contributed by atoms with Crippen LogP contribution >= 0.6 is 11.6 Å². The molecule has 1 saturated carbocycles. The molecule has 5 nitrogen and oxygen atoms in total. The first-order valence-corrected chi connectivity index (χ1v) is 10.6. The minimum atomic E-state index is -3.66. The van der Waals surface area contributed by atoms with Gasteiger partial charge >= 0.3 is 0 Å². The van der Waals surface area contributed by atoms with Crippen LogP contribution in [-0.4, -0.2) is 31.1 Å². The molecule has 1 N–H and O–H groups in total. The summed E-state index contributed by atoms with van der Waals surface area (Å²) in [5.41, 5.74) is 2.67. The normalized spacial score (nSPS) is 23.0. The molecule has 1 atom stereocenters. The van der Waals surface area contributed by atoms with Crippen LogP contribution in [0.5, 0.6) is 0 Å². The summed E-state index contributed by atoms with van der Waals surface area (Å²) in [4.78, 5) is 9.20. The fourth-order valence-electron chi connectivity index (χ4n) is 3.37. The van der Waals surface area contributed by atoms with Gasteiger partial charge < -0.3 is 5.32 Å². The first-order valence-electron chi connectivity index (χ1n) is 8.69. The molecular weight excluding hydrogens is 370 g/mol. The lowest BCUT2D eigenvalue weighted by molar-refractivity contribution is 0.363. The van der Waals surface area contributed by atoms with Crippen LogP contribution in [-0.2, 0) is 9.84 Å². The van der Waals surface area contributed by atoms with E-state index in [0.717, 1.165) is 18.4 Å². The number of hydrogen-bond acceptors (Lipinski definition) is 5. The third-order valence-electron chi connectivity index (χ3n) is 5.04. The summed E-state index contributed by atoms with van der Waals surface area (Å²) in [6.07, 6.45) is 5.09. The van der Waals surface area contributed by atoms with Crippen LogP contribution in [0.25, 0.3) is 0 Å². The first-order chi connectivity index (χ1) is 12.4. The molecule has 7 heteroatoms. The molecule has 26 heavy (non-hydrogen) atoms. The average Bonchev–Trinajstić information content (AvgIpc) is 2.91. The van der Waals surface area contributed by atoms with Crippen LogP contribution in [0.1, 0.15) is 31.7 Å². The number of benzene rings is 1. The Balaban J connectivity index is 1.76. The summed E-state index contributed by atoms with van der Waals surface area (Å²) >= 11 is 6.13. The number of fused-ring (bicyclic) bond motifs is 1. The minimum absolute atomic E-state index is 0.267. The zero-order valence-electron chi connectivity index (χ0n) is 14.7. The van der Waals surface area contributed by atoms with Crippen molar-refractivity contribution in [1.82, 2.24) is 5.32 Å². The Labute approximate surface area is 158 Å². The Kier molecular flexibility index (Phi) is 4.28. The summed E-state index contributed by atoms with van der Waals surface area (Å²) < 4.78 is 26.6. The number of aryl methyl sites for hydroxylation is 1. The van der Waals surface area contributed by atoms with Gasteiger partial charge in [-0.05, 0) is 51.3 Å². The maximum atomic E-state index is 13.3. The minimum Gasteiger partial charge on any atom is -0.367 e. The van der Waals surface area contributed by atoms with Crippen LogP contribution in [0, 0.1) is 6.92 Å². The van der Waals surface area contributed by atoms with Crippen molar-refractivity contribution < 1.29 is 8.42 Å². The average molecular weight is 390 g/mol.